The van der Waals surface area contributed by atoms with E-state index in [1.165, 1.54) is 44.5 Å². The van der Waals surface area contributed by atoms with E-state index in [0.29, 0.717) is 12.1 Å². The van der Waals surface area contributed by atoms with E-state index in [-0.39, 0.29) is 0 Å². The Kier molecular flexibility index (Phi) is 4.08. The Bertz CT molecular complexity index is 475. The summed E-state index contributed by atoms with van der Waals surface area (Å²) in [6.45, 7) is 2.51. The number of halogens is 1. The van der Waals surface area contributed by atoms with E-state index >= 15 is 0 Å². The standard InChI is InChI=1S/C16H24ClN3/c1-19(2)16-12(17)6-5-7-14(16)18-13-9-11-20-10-4-3-8-15(13)20/h5-7,13,15,18H,3-4,8-11H2,1-2H3. The average Bonchev–Trinajstić information content (AvgIpc) is 2.82. The fourth-order valence-electron chi connectivity index (χ4n) is 3.70. The highest BCUT2D eigenvalue weighted by Crippen LogP contribution is 2.36. The third kappa shape index (κ3) is 2.61. The first-order valence-corrected chi connectivity index (χ1v) is 8.01. The van der Waals surface area contributed by atoms with Crippen molar-refractivity contribution in [2.45, 2.75) is 37.8 Å². The van der Waals surface area contributed by atoms with Gasteiger partial charge < -0.3 is 10.2 Å². The molecule has 0 radical (unpaired) electrons. The number of hydrogen-bond donors (Lipinski definition) is 1. The SMILES string of the molecule is CN(C)c1c(Cl)cccc1NC1CCN2CCCCC12. The molecule has 3 rings (SSSR count). The smallest absolute Gasteiger partial charge is 0.0786 e. The average molecular weight is 294 g/mol. The Morgan fingerprint density at radius 1 is 1.20 bits per heavy atom. The predicted octanol–water partition coefficient (Wildman–Crippen LogP) is 3.44. The maximum atomic E-state index is 6.36. The highest BCUT2D eigenvalue weighted by molar-refractivity contribution is 6.34. The van der Waals surface area contributed by atoms with Crippen LogP contribution < -0.4 is 10.2 Å². The largest absolute Gasteiger partial charge is 0.379 e. The lowest BCUT2D eigenvalue weighted by Crippen LogP contribution is -2.41. The number of nitrogens with zero attached hydrogens (tertiary/aromatic N) is 2. The molecular formula is C16H24ClN3. The zero-order valence-electron chi connectivity index (χ0n) is 12.4. The van der Waals surface area contributed by atoms with Crippen molar-refractivity contribution >= 4 is 23.0 Å². The summed E-state index contributed by atoms with van der Waals surface area (Å²) in [5, 5.41) is 4.58. The molecule has 0 saturated carbocycles. The van der Waals surface area contributed by atoms with E-state index < -0.39 is 0 Å². The molecule has 1 aromatic rings. The third-order valence-corrected chi connectivity index (χ3v) is 4.94. The second-order valence-electron chi connectivity index (χ2n) is 6.17. The number of fused-ring (bicyclic) bond motifs is 1. The van der Waals surface area contributed by atoms with Crippen LogP contribution in [0.5, 0.6) is 0 Å². The van der Waals surface area contributed by atoms with Crippen molar-refractivity contribution in [1.29, 1.82) is 0 Å². The summed E-state index contributed by atoms with van der Waals surface area (Å²) in [6, 6.07) is 7.41. The van der Waals surface area contributed by atoms with E-state index in [1.807, 2.05) is 26.2 Å². The van der Waals surface area contributed by atoms with Gasteiger partial charge in [0.25, 0.3) is 0 Å². The molecule has 20 heavy (non-hydrogen) atoms. The van der Waals surface area contributed by atoms with Gasteiger partial charge in [-0.15, -0.1) is 0 Å². The summed E-state index contributed by atoms with van der Waals surface area (Å²) in [6.07, 6.45) is 5.30. The quantitative estimate of drug-likeness (QED) is 0.921. The third-order valence-electron chi connectivity index (χ3n) is 4.63. The number of rotatable bonds is 3. The molecule has 2 aliphatic heterocycles. The molecule has 0 amide bonds. The first-order chi connectivity index (χ1) is 9.66. The van der Waals surface area contributed by atoms with Crippen LogP contribution in [-0.2, 0) is 0 Å². The fraction of sp³-hybridized carbons (Fsp3) is 0.625. The molecule has 0 bridgehead atoms. The highest BCUT2D eigenvalue weighted by Gasteiger charge is 2.35. The number of hydrogen-bond acceptors (Lipinski definition) is 3. The van der Waals surface area contributed by atoms with Crippen LogP contribution >= 0.6 is 11.6 Å². The van der Waals surface area contributed by atoms with Crippen LogP contribution in [0.2, 0.25) is 5.02 Å². The van der Waals surface area contributed by atoms with Crippen LogP contribution in [0.25, 0.3) is 0 Å². The molecule has 2 aliphatic rings. The minimum Gasteiger partial charge on any atom is -0.379 e. The molecule has 0 aromatic heterocycles. The van der Waals surface area contributed by atoms with Gasteiger partial charge in [0.15, 0.2) is 0 Å². The molecule has 2 unspecified atom stereocenters. The van der Waals surface area contributed by atoms with E-state index in [2.05, 4.69) is 21.2 Å². The van der Waals surface area contributed by atoms with Crippen LogP contribution in [0, 0.1) is 0 Å². The van der Waals surface area contributed by atoms with Gasteiger partial charge in [0.2, 0.25) is 0 Å². The van der Waals surface area contributed by atoms with Crippen LogP contribution in [-0.4, -0.2) is 44.2 Å². The van der Waals surface area contributed by atoms with Gasteiger partial charge in [-0.1, -0.05) is 24.1 Å². The Hall–Kier alpha value is -0.930. The monoisotopic (exact) mass is 293 g/mol. The van der Waals surface area contributed by atoms with Gasteiger partial charge in [-0.2, -0.15) is 0 Å². The molecule has 4 heteroatoms. The number of piperidine rings is 1. The molecule has 2 saturated heterocycles. The van der Waals surface area contributed by atoms with Gasteiger partial charge in [0.1, 0.15) is 0 Å². The van der Waals surface area contributed by atoms with E-state index in [1.54, 1.807) is 0 Å². The molecule has 110 valence electrons. The van der Waals surface area contributed by atoms with Gasteiger partial charge in [-0.3, -0.25) is 4.90 Å². The zero-order valence-corrected chi connectivity index (χ0v) is 13.2. The second-order valence-corrected chi connectivity index (χ2v) is 6.58. The Morgan fingerprint density at radius 2 is 2.05 bits per heavy atom. The Labute approximate surface area is 126 Å². The summed E-state index contributed by atoms with van der Waals surface area (Å²) < 4.78 is 0. The van der Waals surface area contributed by atoms with Gasteiger partial charge in [0.05, 0.1) is 16.4 Å². The first-order valence-electron chi connectivity index (χ1n) is 7.63. The van der Waals surface area contributed by atoms with Crippen molar-refractivity contribution in [3.05, 3.63) is 23.2 Å². The lowest BCUT2D eigenvalue weighted by atomic mass is 9.98. The molecule has 2 fully saturated rings. The summed E-state index contributed by atoms with van der Waals surface area (Å²) in [4.78, 5) is 4.75. The van der Waals surface area contributed by atoms with Crippen molar-refractivity contribution in [1.82, 2.24) is 4.90 Å². The normalized spacial score (nSPS) is 26.4. The zero-order chi connectivity index (χ0) is 14.1. The minimum atomic E-state index is 0.562. The number of para-hydroxylation sites is 1. The van der Waals surface area contributed by atoms with Gasteiger partial charge in [-0.05, 0) is 37.9 Å². The topological polar surface area (TPSA) is 18.5 Å². The van der Waals surface area contributed by atoms with E-state index in [9.17, 15) is 0 Å². The summed E-state index contributed by atoms with van der Waals surface area (Å²) in [5.74, 6) is 0. The summed E-state index contributed by atoms with van der Waals surface area (Å²) in [5.41, 5.74) is 2.27. The van der Waals surface area contributed by atoms with Gasteiger partial charge in [0, 0.05) is 32.7 Å². The Morgan fingerprint density at radius 3 is 2.85 bits per heavy atom. The van der Waals surface area contributed by atoms with Gasteiger partial charge in [-0.25, -0.2) is 0 Å². The first kappa shape index (κ1) is 14.0. The molecule has 2 atom stereocenters. The van der Waals surface area contributed by atoms with Crippen LogP contribution in [0.15, 0.2) is 18.2 Å². The van der Waals surface area contributed by atoms with Crippen molar-refractivity contribution in [3.8, 4) is 0 Å². The molecule has 1 N–H and O–H groups in total. The number of anilines is 2. The van der Waals surface area contributed by atoms with Crippen molar-refractivity contribution in [2.24, 2.45) is 0 Å². The predicted molar refractivity (Wildman–Crippen MR) is 87.0 cm³/mol. The van der Waals surface area contributed by atoms with Crippen LogP contribution in [0.1, 0.15) is 25.7 Å². The molecule has 0 aliphatic carbocycles. The number of nitrogens with one attached hydrogen (secondary N) is 1. The molecule has 3 nitrogen and oxygen atoms in total. The van der Waals surface area contributed by atoms with E-state index in [4.69, 9.17) is 11.6 Å². The van der Waals surface area contributed by atoms with Crippen LogP contribution in [0.3, 0.4) is 0 Å². The minimum absolute atomic E-state index is 0.562. The highest BCUT2D eigenvalue weighted by atomic mass is 35.5. The van der Waals surface area contributed by atoms with E-state index in [0.717, 1.165) is 10.7 Å². The molecular weight excluding hydrogens is 270 g/mol. The molecule has 0 spiro atoms. The lowest BCUT2D eigenvalue weighted by Gasteiger charge is -2.33. The maximum absolute atomic E-state index is 6.36. The summed E-state index contributed by atoms with van der Waals surface area (Å²) >= 11 is 6.36. The van der Waals surface area contributed by atoms with Crippen molar-refractivity contribution < 1.29 is 0 Å². The summed E-state index contributed by atoms with van der Waals surface area (Å²) in [7, 11) is 4.10. The maximum Gasteiger partial charge on any atom is 0.0786 e. The van der Waals surface area contributed by atoms with Gasteiger partial charge >= 0.3 is 0 Å². The Balaban J connectivity index is 1.80. The molecule has 1 aromatic carbocycles. The van der Waals surface area contributed by atoms with Crippen LogP contribution in [0.4, 0.5) is 11.4 Å². The lowest BCUT2D eigenvalue weighted by molar-refractivity contribution is 0.193. The van der Waals surface area contributed by atoms with Crippen molar-refractivity contribution in [3.63, 3.8) is 0 Å². The molecule has 2 heterocycles. The van der Waals surface area contributed by atoms with Crippen molar-refractivity contribution in [2.75, 3.05) is 37.4 Å². The fourth-order valence-corrected chi connectivity index (χ4v) is 4.05. The number of benzene rings is 1. The second kappa shape index (κ2) is 5.82.